The van der Waals surface area contributed by atoms with Gasteiger partial charge in [0.25, 0.3) is 0 Å². The second-order valence-corrected chi connectivity index (χ2v) is 6.83. The van der Waals surface area contributed by atoms with E-state index in [-0.39, 0.29) is 0 Å². The molecule has 0 atom stereocenters. The largest absolute Gasteiger partial charge is 0.494 e. The summed E-state index contributed by atoms with van der Waals surface area (Å²) >= 11 is 13.3. The third kappa shape index (κ3) is 4.47. The first-order valence-corrected chi connectivity index (χ1v) is 9.00. The first-order chi connectivity index (χ1) is 11.2. The van der Waals surface area contributed by atoms with Crippen LogP contribution >= 0.6 is 34.5 Å². The molecule has 0 bridgehead atoms. The lowest BCUT2D eigenvalue weighted by atomic mass is 10.2. The molecule has 1 aromatic heterocycles. The minimum absolute atomic E-state index is 0.619. The van der Waals surface area contributed by atoms with Gasteiger partial charge in [0.2, 0.25) is 0 Å². The van der Waals surface area contributed by atoms with Crippen molar-refractivity contribution >= 4 is 56.9 Å². The van der Waals surface area contributed by atoms with Crippen molar-refractivity contribution in [2.45, 2.75) is 6.42 Å². The summed E-state index contributed by atoms with van der Waals surface area (Å²) in [6.45, 7) is 0.646. The standard InChI is InChI=1S/C18H15Cl2NOS/c19-10-1-11-22-15-6-2-13(3-7-15)4-9-18-21-16-12-14(20)5-8-17(16)23-18/h2-9,12H,1,10-11H2. The number of fused-ring (bicyclic) bond motifs is 1. The van der Waals surface area contributed by atoms with Crippen molar-refractivity contribution in [1.82, 2.24) is 4.98 Å². The quantitative estimate of drug-likeness (QED) is 0.388. The monoisotopic (exact) mass is 363 g/mol. The molecule has 23 heavy (non-hydrogen) atoms. The predicted octanol–water partition coefficient (Wildman–Crippen LogP) is 6.13. The van der Waals surface area contributed by atoms with Crippen molar-refractivity contribution in [3.63, 3.8) is 0 Å². The van der Waals surface area contributed by atoms with Crippen molar-refractivity contribution in [2.24, 2.45) is 0 Å². The maximum Gasteiger partial charge on any atom is 0.119 e. The van der Waals surface area contributed by atoms with Crippen molar-refractivity contribution in [1.29, 1.82) is 0 Å². The fraction of sp³-hybridized carbons (Fsp3) is 0.167. The summed E-state index contributed by atoms with van der Waals surface area (Å²) in [5.41, 5.74) is 2.04. The van der Waals surface area contributed by atoms with Gasteiger partial charge in [-0.25, -0.2) is 4.98 Å². The Balaban J connectivity index is 1.68. The lowest BCUT2D eigenvalue weighted by molar-refractivity contribution is 0.318. The van der Waals surface area contributed by atoms with Gasteiger partial charge in [0.15, 0.2) is 0 Å². The minimum atomic E-state index is 0.619. The van der Waals surface area contributed by atoms with Crippen LogP contribution < -0.4 is 4.74 Å². The van der Waals surface area contributed by atoms with Crippen molar-refractivity contribution in [2.75, 3.05) is 12.5 Å². The van der Waals surface area contributed by atoms with Crippen molar-refractivity contribution in [3.8, 4) is 5.75 Å². The molecule has 1 heterocycles. The maximum absolute atomic E-state index is 5.99. The maximum atomic E-state index is 5.99. The van der Waals surface area contributed by atoms with E-state index in [9.17, 15) is 0 Å². The molecule has 0 aliphatic heterocycles. The van der Waals surface area contributed by atoms with Crippen LogP contribution in [0.1, 0.15) is 17.0 Å². The van der Waals surface area contributed by atoms with Crippen LogP contribution in [0.25, 0.3) is 22.4 Å². The molecule has 0 aliphatic carbocycles. The second kappa shape index (κ2) is 7.82. The Labute approximate surface area is 149 Å². The van der Waals surface area contributed by atoms with Gasteiger partial charge in [-0.1, -0.05) is 29.8 Å². The Morgan fingerprint density at radius 2 is 1.91 bits per heavy atom. The minimum Gasteiger partial charge on any atom is -0.494 e. The summed E-state index contributed by atoms with van der Waals surface area (Å²) in [4.78, 5) is 4.57. The van der Waals surface area contributed by atoms with E-state index < -0.39 is 0 Å². The molecule has 0 fully saturated rings. The molecule has 0 amide bonds. The molecule has 0 N–H and O–H groups in total. The third-order valence-electron chi connectivity index (χ3n) is 3.21. The molecule has 3 aromatic rings. The highest BCUT2D eigenvalue weighted by atomic mass is 35.5. The lowest BCUT2D eigenvalue weighted by Crippen LogP contribution is -1.97. The smallest absolute Gasteiger partial charge is 0.119 e. The number of benzene rings is 2. The van der Waals surface area contributed by atoms with Crippen LogP contribution in [0.5, 0.6) is 5.75 Å². The molecule has 3 rings (SSSR count). The number of ether oxygens (including phenoxy) is 1. The van der Waals surface area contributed by atoms with E-state index in [1.807, 2.05) is 54.6 Å². The van der Waals surface area contributed by atoms with E-state index in [4.69, 9.17) is 27.9 Å². The van der Waals surface area contributed by atoms with E-state index in [0.717, 1.165) is 33.0 Å². The van der Waals surface area contributed by atoms with Crippen LogP contribution in [0, 0.1) is 0 Å². The molecule has 2 nitrogen and oxygen atoms in total. The highest BCUT2D eigenvalue weighted by Gasteiger charge is 2.01. The van der Waals surface area contributed by atoms with E-state index in [0.29, 0.717) is 17.5 Å². The summed E-state index contributed by atoms with van der Waals surface area (Å²) in [5, 5.41) is 1.67. The zero-order valence-electron chi connectivity index (χ0n) is 12.3. The van der Waals surface area contributed by atoms with Gasteiger partial charge >= 0.3 is 0 Å². The third-order valence-corrected chi connectivity index (χ3v) is 4.72. The Hall–Kier alpha value is -1.55. The molecule has 0 saturated heterocycles. The summed E-state index contributed by atoms with van der Waals surface area (Å²) in [6, 6.07) is 13.8. The highest BCUT2D eigenvalue weighted by Crippen LogP contribution is 2.26. The van der Waals surface area contributed by atoms with Crippen LogP contribution in [0.2, 0.25) is 5.02 Å². The molecule has 5 heteroatoms. The van der Waals surface area contributed by atoms with Crippen LogP contribution in [0.4, 0.5) is 0 Å². The average molecular weight is 364 g/mol. The zero-order valence-corrected chi connectivity index (χ0v) is 14.7. The van der Waals surface area contributed by atoms with E-state index in [1.165, 1.54) is 0 Å². The molecule has 0 radical (unpaired) electrons. The number of halogens is 2. The zero-order chi connectivity index (χ0) is 16.1. The van der Waals surface area contributed by atoms with E-state index in [1.54, 1.807) is 11.3 Å². The number of hydrogen-bond acceptors (Lipinski definition) is 3. The summed E-state index contributed by atoms with van der Waals surface area (Å²) in [5.74, 6) is 1.48. The molecule has 0 unspecified atom stereocenters. The fourth-order valence-electron chi connectivity index (χ4n) is 2.08. The first-order valence-electron chi connectivity index (χ1n) is 7.27. The van der Waals surface area contributed by atoms with Gasteiger partial charge < -0.3 is 4.74 Å². The molecule has 2 aromatic carbocycles. The first kappa shape index (κ1) is 16.3. The van der Waals surface area contributed by atoms with Crippen LogP contribution in [-0.4, -0.2) is 17.5 Å². The summed E-state index contributed by atoms with van der Waals surface area (Å²) in [6.07, 6.45) is 4.91. The van der Waals surface area contributed by atoms with Crippen molar-refractivity contribution < 1.29 is 4.74 Å². The van der Waals surface area contributed by atoms with Gasteiger partial charge in [-0.05, 0) is 48.4 Å². The molecular formula is C18H15Cl2NOS. The fourth-order valence-corrected chi connectivity index (χ4v) is 3.20. The molecular weight excluding hydrogens is 349 g/mol. The lowest BCUT2D eigenvalue weighted by Gasteiger charge is -2.04. The van der Waals surface area contributed by atoms with E-state index in [2.05, 4.69) is 4.98 Å². The summed E-state index contributed by atoms with van der Waals surface area (Å²) < 4.78 is 6.72. The van der Waals surface area contributed by atoms with Crippen molar-refractivity contribution in [3.05, 3.63) is 58.1 Å². The van der Waals surface area contributed by atoms with Gasteiger partial charge in [-0.15, -0.1) is 22.9 Å². The molecule has 0 aliphatic rings. The molecule has 118 valence electrons. The predicted molar refractivity (Wildman–Crippen MR) is 101 cm³/mol. The summed E-state index contributed by atoms with van der Waals surface area (Å²) in [7, 11) is 0. The average Bonchev–Trinajstić information content (AvgIpc) is 2.96. The molecule has 0 spiro atoms. The van der Waals surface area contributed by atoms with Gasteiger partial charge in [-0.3, -0.25) is 0 Å². The number of alkyl halides is 1. The topological polar surface area (TPSA) is 22.1 Å². The van der Waals surface area contributed by atoms with Crippen LogP contribution in [0.3, 0.4) is 0 Å². The van der Waals surface area contributed by atoms with Crippen LogP contribution in [-0.2, 0) is 0 Å². The number of hydrogen-bond donors (Lipinski definition) is 0. The number of aromatic nitrogens is 1. The van der Waals surface area contributed by atoms with E-state index >= 15 is 0 Å². The Kier molecular flexibility index (Phi) is 5.55. The normalized spacial score (nSPS) is 11.4. The Morgan fingerprint density at radius 1 is 1.09 bits per heavy atom. The molecule has 0 saturated carbocycles. The van der Waals surface area contributed by atoms with Gasteiger partial charge in [-0.2, -0.15) is 0 Å². The highest BCUT2D eigenvalue weighted by molar-refractivity contribution is 7.19. The SMILES string of the molecule is ClCCCOc1ccc(C=Cc2nc3cc(Cl)ccc3s2)cc1. The Bertz CT molecular complexity index is 812. The Morgan fingerprint density at radius 3 is 2.70 bits per heavy atom. The van der Waals surface area contributed by atoms with Gasteiger partial charge in [0, 0.05) is 10.9 Å². The second-order valence-electron chi connectivity index (χ2n) is 4.96. The van der Waals surface area contributed by atoms with Gasteiger partial charge in [0.1, 0.15) is 10.8 Å². The number of thiazole rings is 1. The van der Waals surface area contributed by atoms with Gasteiger partial charge in [0.05, 0.1) is 16.8 Å². The number of nitrogens with zero attached hydrogens (tertiary/aromatic N) is 1. The van der Waals surface area contributed by atoms with Crippen LogP contribution in [0.15, 0.2) is 42.5 Å². The number of rotatable bonds is 6.